The van der Waals surface area contributed by atoms with Crippen LogP contribution in [0.1, 0.15) is 18.2 Å². The van der Waals surface area contributed by atoms with Gasteiger partial charge >= 0.3 is 0 Å². The van der Waals surface area contributed by atoms with Gasteiger partial charge in [-0.25, -0.2) is 9.97 Å². The Morgan fingerprint density at radius 3 is 2.62 bits per heavy atom. The van der Waals surface area contributed by atoms with Crippen LogP contribution < -0.4 is 5.32 Å². The van der Waals surface area contributed by atoms with Gasteiger partial charge in [-0.05, 0) is 38.6 Å². The highest BCUT2D eigenvalue weighted by Crippen LogP contribution is 2.17. The number of hydrogen-bond donors (Lipinski definition) is 1. The Kier molecular flexibility index (Phi) is 5.92. The second-order valence-corrected chi connectivity index (χ2v) is 6.69. The number of aromatic nitrogens is 3. The fraction of sp³-hybridized carbons (Fsp3) is 0.286. The topological polar surface area (TPSA) is 53.9 Å². The Morgan fingerprint density at radius 1 is 1.08 bits per heavy atom. The van der Waals surface area contributed by atoms with Gasteiger partial charge in [0.1, 0.15) is 5.82 Å². The van der Waals surface area contributed by atoms with E-state index in [9.17, 15) is 0 Å². The molecule has 0 spiro atoms. The lowest BCUT2D eigenvalue weighted by Gasteiger charge is -2.23. The van der Waals surface area contributed by atoms with E-state index in [-0.39, 0.29) is 6.04 Å². The van der Waals surface area contributed by atoms with E-state index in [2.05, 4.69) is 63.4 Å². The molecule has 1 N–H and O–H groups in total. The first-order valence-corrected chi connectivity index (χ1v) is 8.85. The van der Waals surface area contributed by atoms with Gasteiger partial charge < -0.3 is 10.2 Å². The summed E-state index contributed by atoms with van der Waals surface area (Å²) in [5, 5.41) is 3.50. The highest BCUT2D eigenvalue weighted by Gasteiger charge is 2.10. The van der Waals surface area contributed by atoms with Crippen molar-refractivity contribution in [2.24, 2.45) is 0 Å². The minimum Gasteiger partial charge on any atom is -0.366 e. The van der Waals surface area contributed by atoms with Crippen LogP contribution in [0.15, 0.2) is 60.9 Å². The highest BCUT2D eigenvalue weighted by atomic mass is 15.1. The Labute approximate surface area is 155 Å². The SMILES string of the molecule is Cc1cc(NC(C)CN(C)Cc2ccccc2)nc(-c2cccnc2)n1. The zero-order valence-electron chi connectivity index (χ0n) is 15.6. The summed E-state index contributed by atoms with van der Waals surface area (Å²) in [6.45, 7) is 6.00. The van der Waals surface area contributed by atoms with Crippen molar-refractivity contribution >= 4 is 5.82 Å². The maximum Gasteiger partial charge on any atom is 0.163 e. The first-order chi connectivity index (χ1) is 12.6. The second-order valence-electron chi connectivity index (χ2n) is 6.69. The molecule has 26 heavy (non-hydrogen) atoms. The van der Waals surface area contributed by atoms with Crippen LogP contribution in [-0.4, -0.2) is 39.5 Å². The molecule has 0 fully saturated rings. The summed E-state index contributed by atoms with van der Waals surface area (Å²) >= 11 is 0. The van der Waals surface area contributed by atoms with Crippen LogP contribution in [0.2, 0.25) is 0 Å². The van der Waals surface area contributed by atoms with Crippen molar-refractivity contribution in [3.63, 3.8) is 0 Å². The molecule has 5 nitrogen and oxygen atoms in total. The van der Waals surface area contributed by atoms with Gasteiger partial charge in [-0.2, -0.15) is 0 Å². The van der Waals surface area contributed by atoms with Crippen molar-refractivity contribution in [2.75, 3.05) is 18.9 Å². The van der Waals surface area contributed by atoms with Crippen LogP contribution in [-0.2, 0) is 6.54 Å². The quantitative estimate of drug-likeness (QED) is 0.705. The Hall–Kier alpha value is -2.79. The maximum atomic E-state index is 4.65. The zero-order valence-corrected chi connectivity index (χ0v) is 15.6. The van der Waals surface area contributed by atoms with Crippen molar-refractivity contribution < 1.29 is 0 Å². The maximum absolute atomic E-state index is 4.65. The van der Waals surface area contributed by atoms with Crippen LogP contribution in [0.3, 0.4) is 0 Å². The molecule has 0 aliphatic heterocycles. The number of anilines is 1. The average Bonchev–Trinajstić information content (AvgIpc) is 2.62. The Bertz CT molecular complexity index is 820. The first kappa shape index (κ1) is 18.0. The molecule has 0 amide bonds. The van der Waals surface area contributed by atoms with Crippen LogP contribution in [0, 0.1) is 6.92 Å². The van der Waals surface area contributed by atoms with E-state index < -0.39 is 0 Å². The minimum atomic E-state index is 0.264. The van der Waals surface area contributed by atoms with E-state index in [1.165, 1.54) is 5.56 Å². The van der Waals surface area contributed by atoms with Gasteiger partial charge in [-0.1, -0.05) is 30.3 Å². The van der Waals surface area contributed by atoms with Gasteiger partial charge in [0.2, 0.25) is 0 Å². The number of hydrogen-bond acceptors (Lipinski definition) is 5. The monoisotopic (exact) mass is 347 g/mol. The Morgan fingerprint density at radius 2 is 1.88 bits per heavy atom. The summed E-state index contributed by atoms with van der Waals surface area (Å²) in [5.41, 5.74) is 3.18. The molecule has 1 unspecified atom stereocenters. The van der Waals surface area contributed by atoms with Crippen LogP contribution in [0.5, 0.6) is 0 Å². The van der Waals surface area contributed by atoms with Crippen LogP contribution >= 0.6 is 0 Å². The molecule has 0 saturated heterocycles. The van der Waals surface area contributed by atoms with E-state index in [0.29, 0.717) is 5.82 Å². The molecule has 5 heteroatoms. The van der Waals surface area contributed by atoms with Crippen molar-refractivity contribution in [2.45, 2.75) is 26.4 Å². The van der Waals surface area contributed by atoms with E-state index in [1.807, 2.05) is 31.2 Å². The summed E-state index contributed by atoms with van der Waals surface area (Å²) < 4.78 is 0. The van der Waals surface area contributed by atoms with Gasteiger partial charge in [0.15, 0.2) is 5.82 Å². The molecule has 0 saturated carbocycles. The molecule has 0 aliphatic carbocycles. The molecular weight excluding hydrogens is 322 g/mol. The number of likely N-dealkylation sites (N-methyl/N-ethyl adjacent to an activating group) is 1. The summed E-state index contributed by atoms with van der Waals surface area (Å²) in [5.74, 6) is 1.54. The van der Waals surface area contributed by atoms with Crippen LogP contribution in [0.25, 0.3) is 11.4 Å². The third-order valence-corrected chi connectivity index (χ3v) is 4.05. The lowest BCUT2D eigenvalue weighted by atomic mass is 10.2. The smallest absolute Gasteiger partial charge is 0.163 e. The van der Waals surface area contributed by atoms with Crippen molar-refractivity contribution in [3.05, 3.63) is 72.2 Å². The van der Waals surface area contributed by atoms with Gasteiger partial charge in [-0.3, -0.25) is 4.98 Å². The average molecular weight is 347 g/mol. The molecule has 1 aromatic carbocycles. The second kappa shape index (κ2) is 8.54. The molecule has 134 valence electrons. The standard InChI is InChI=1S/C21H25N5/c1-16-12-20(25-21(24-16)19-10-7-11-22-13-19)23-17(2)14-26(3)15-18-8-5-4-6-9-18/h4-13,17H,14-15H2,1-3H3,(H,23,24,25). The summed E-state index contributed by atoms with van der Waals surface area (Å²) in [7, 11) is 2.14. The largest absolute Gasteiger partial charge is 0.366 e. The van der Waals surface area contributed by atoms with Crippen molar-refractivity contribution in [3.8, 4) is 11.4 Å². The van der Waals surface area contributed by atoms with E-state index in [4.69, 9.17) is 0 Å². The van der Waals surface area contributed by atoms with Gasteiger partial charge in [0, 0.05) is 48.8 Å². The fourth-order valence-electron chi connectivity index (χ4n) is 2.99. The van der Waals surface area contributed by atoms with Crippen molar-refractivity contribution in [1.29, 1.82) is 0 Å². The third-order valence-electron chi connectivity index (χ3n) is 4.05. The summed E-state index contributed by atoms with van der Waals surface area (Å²) in [4.78, 5) is 15.6. The van der Waals surface area contributed by atoms with E-state index in [0.717, 1.165) is 30.2 Å². The number of nitrogens with zero attached hydrogens (tertiary/aromatic N) is 4. The molecule has 0 radical (unpaired) electrons. The molecule has 0 aliphatic rings. The molecule has 0 bridgehead atoms. The number of rotatable bonds is 7. The molecule has 2 aromatic heterocycles. The van der Waals surface area contributed by atoms with Crippen LogP contribution in [0.4, 0.5) is 5.82 Å². The number of pyridine rings is 1. The lowest BCUT2D eigenvalue weighted by Crippen LogP contribution is -2.32. The molecule has 1 atom stereocenters. The molecule has 2 heterocycles. The third kappa shape index (κ3) is 5.10. The number of nitrogens with one attached hydrogen (secondary N) is 1. The van der Waals surface area contributed by atoms with Gasteiger partial charge in [0.05, 0.1) is 0 Å². The lowest BCUT2D eigenvalue weighted by molar-refractivity contribution is 0.316. The Balaban J connectivity index is 1.63. The normalized spacial score (nSPS) is 12.2. The van der Waals surface area contributed by atoms with Gasteiger partial charge in [0.25, 0.3) is 0 Å². The fourth-order valence-corrected chi connectivity index (χ4v) is 2.99. The van der Waals surface area contributed by atoms with E-state index >= 15 is 0 Å². The predicted octanol–water partition coefficient (Wildman–Crippen LogP) is 3.78. The molecular formula is C21H25N5. The molecule has 3 rings (SSSR count). The van der Waals surface area contributed by atoms with Gasteiger partial charge in [-0.15, -0.1) is 0 Å². The minimum absolute atomic E-state index is 0.264. The van der Waals surface area contributed by atoms with E-state index in [1.54, 1.807) is 12.4 Å². The molecule has 3 aromatic rings. The summed E-state index contributed by atoms with van der Waals surface area (Å²) in [6.07, 6.45) is 3.54. The predicted molar refractivity (Wildman–Crippen MR) is 106 cm³/mol. The summed E-state index contributed by atoms with van der Waals surface area (Å²) in [6, 6.07) is 16.6. The first-order valence-electron chi connectivity index (χ1n) is 8.85. The zero-order chi connectivity index (χ0) is 18.4. The number of benzene rings is 1. The highest BCUT2D eigenvalue weighted by molar-refractivity contribution is 5.56. The number of aryl methyl sites for hydroxylation is 1. The van der Waals surface area contributed by atoms with Crippen molar-refractivity contribution in [1.82, 2.24) is 19.9 Å².